The van der Waals surface area contributed by atoms with Crippen LogP contribution in [0.5, 0.6) is 0 Å². The fourth-order valence-electron chi connectivity index (χ4n) is 3.26. The van der Waals surface area contributed by atoms with E-state index >= 15 is 0 Å². The molecule has 4 aromatic rings. The van der Waals surface area contributed by atoms with Gasteiger partial charge in [0.15, 0.2) is 4.34 Å². The number of halogens is 1. The van der Waals surface area contributed by atoms with Crippen LogP contribution in [-0.4, -0.2) is 21.2 Å². The van der Waals surface area contributed by atoms with Crippen LogP contribution < -0.4 is 5.32 Å². The van der Waals surface area contributed by atoms with Crippen LogP contribution in [0.3, 0.4) is 0 Å². The van der Waals surface area contributed by atoms with Crippen LogP contribution in [0.1, 0.15) is 22.6 Å². The highest BCUT2D eigenvalue weighted by Gasteiger charge is 2.20. The minimum absolute atomic E-state index is 0.144. The maximum absolute atomic E-state index is 13.1. The van der Waals surface area contributed by atoms with Gasteiger partial charge in [-0.1, -0.05) is 11.8 Å². The van der Waals surface area contributed by atoms with Gasteiger partial charge in [-0.05, 0) is 55.8 Å². The zero-order valence-corrected chi connectivity index (χ0v) is 19.0. The summed E-state index contributed by atoms with van der Waals surface area (Å²) in [5, 5.41) is 14.4. The standard InChI is InChI=1S/C23H19FN4O2S2/c1-14-15(2)28(11-18-4-3-9-30-18)22(19(14)10-25)27-21(29)13-32-23-26-20(12-31-23)16-5-7-17(24)8-6-16/h3-9,12H,11,13H2,1-2H3,(H,27,29). The summed E-state index contributed by atoms with van der Waals surface area (Å²) in [5.41, 5.74) is 3.72. The number of hydrogen-bond donors (Lipinski definition) is 1. The molecule has 3 heterocycles. The second kappa shape index (κ2) is 9.42. The molecule has 32 heavy (non-hydrogen) atoms. The number of nitrogens with one attached hydrogen (secondary N) is 1. The highest BCUT2D eigenvalue weighted by molar-refractivity contribution is 8.01. The van der Waals surface area contributed by atoms with Gasteiger partial charge in [0.1, 0.15) is 23.5 Å². The number of rotatable bonds is 7. The van der Waals surface area contributed by atoms with Gasteiger partial charge in [-0.15, -0.1) is 11.3 Å². The van der Waals surface area contributed by atoms with E-state index in [1.54, 1.807) is 24.5 Å². The van der Waals surface area contributed by atoms with Crippen molar-refractivity contribution in [3.8, 4) is 17.3 Å². The van der Waals surface area contributed by atoms with Crippen molar-refractivity contribution >= 4 is 34.8 Å². The van der Waals surface area contributed by atoms with Gasteiger partial charge < -0.3 is 14.3 Å². The van der Waals surface area contributed by atoms with Crippen LogP contribution in [0.2, 0.25) is 0 Å². The number of carbonyl (C=O) groups is 1. The lowest BCUT2D eigenvalue weighted by atomic mass is 10.2. The van der Waals surface area contributed by atoms with Gasteiger partial charge in [-0.3, -0.25) is 4.79 Å². The van der Waals surface area contributed by atoms with Crippen molar-refractivity contribution in [2.24, 2.45) is 0 Å². The third kappa shape index (κ3) is 4.61. The minimum Gasteiger partial charge on any atom is -0.467 e. The van der Waals surface area contributed by atoms with Crippen molar-refractivity contribution in [2.75, 3.05) is 11.1 Å². The number of nitrogens with zero attached hydrogens (tertiary/aromatic N) is 3. The summed E-state index contributed by atoms with van der Waals surface area (Å²) < 4.78 is 21.2. The van der Waals surface area contributed by atoms with Crippen LogP contribution in [0.25, 0.3) is 11.3 Å². The number of thiazole rings is 1. The van der Waals surface area contributed by atoms with E-state index in [1.165, 1.54) is 35.2 Å². The summed E-state index contributed by atoms with van der Waals surface area (Å²) in [4.78, 5) is 17.2. The van der Waals surface area contributed by atoms with Gasteiger partial charge >= 0.3 is 0 Å². The van der Waals surface area contributed by atoms with Crippen LogP contribution >= 0.6 is 23.1 Å². The zero-order valence-electron chi connectivity index (χ0n) is 17.4. The summed E-state index contributed by atoms with van der Waals surface area (Å²) in [6.45, 7) is 4.19. The molecular formula is C23H19FN4O2S2. The van der Waals surface area contributed by atoms with E-state index in [2.05, 4.69) is 16.4 Å². The van der Waals surface area contributed by atoms with E-state index < -0.39 is 0 Å². The van der Waals surface area contributed by atoms with E-state index in [0.717, 1.165) is 32.6 Å². The lowest BCUT2D eigenvalue weighted by Gasteiger charge is -2.11. The molecule has 0 spiro atoms. The van der Waals surface area contributed by atoms with Crippen LogP contribution in [0, 0.1) is 31.0 Å². The molecule has 0 saturated heterocycles. The lowest BCUT2D eigenvalue weighted by molar-refractivity contribution is -0.113. The molecule has 4 rings (SSSR count). The van der Waals surface area contributed by atoms with Gasteiger partial charge in [0.25, 0.3) is 0 Å². The van der Waals surface area contributed by atoms with Crippen LogP contribution in [0.15, 0.2) is 56.8 Å². The quantitative estimate of drug-likeness (QED) is 0.358. The Kier molecular flexibility index (Phi) is 6.44. The summed E-state index contributed by atoms with van der Waals surface area (Å²) >= 11 is 2.74. The first-order valence-electron chi connectivity index (χ1n) is 9.72. The monoisotopic (exact) mass is 466 g/mol. The Labute approximate surface area is 192 Å². The number of furan rings is 1. The predicted molar refractivity (Wildman–Crippen MR) is 123 cm³/mol. The van der Waals surface area contributed by atoms with Crippen molar-refractivity contribution in [2.45, 2.75) is 24.7 Å². The molecule has 0 radical (unpaired) electrons. The Morgan fingerprint density at radius 2 is 2.09 bits per heavy atom. The topological polar surface area (TPSA) is 83.9 Å². The number of aromatic nitrogens is 2. The molecule has 0 unspecified atom stereocenters. The number of carbonyl (C=O) groups excluding carboxylic acids is 1. The molecule has 1 amide bonds. The second-order valence-electron chi connectivity index (χ2n) is 7.05. The first kappa shape index (κ1) is 21.9. The minimum atomic E-state index is -0.297. The van der Waals surface area contributed by atoms with Crippen molar-refractivity contribution < 1.29 is 13.6 Å². The molecule has 0 aliphatic heterocycles. The lowest BCUT2D eigenvalue weighted by Crippen LogP contribution is -2.18. The molecule has 0 fully saturated rings. The fraction of sp³-hybridized carbons (Fsp3) is 0.174. The Morgan fingerprint density at radius 1 is 1.31 bits per heavy atom. The molecule has 0 bridgehead atoms. The van der Waals surface area contributed by atoms with E-state index in [1.807, 2.05) is 29.9 Å². The van der Waals surface area contributed by atoms with E-state index in [0.29, 0.717) is 17.9 Å². The van der Waals surface area contributed by atoms with Gasteiger partial charge in [0.05, 0.1) is 29.8 Å². The van der Waals surface area contributed by atoms with Crippen molar-refractivity contribution in [3.05, 3.63) is 76.4 Å². The van der Waals surface area contributed by atoms with Gasteiger partial charge in [0, 0.05) is 16.6 Å². The highest BCUT2D eigenvalue weighted by Crippen LogP contribution is 2.30. The maximum atomic E-state index is 13.1. The molecule has 0 aliphatic rings. The van der Waals surface area contributed by atoms with E-state index in [-0.39, 0.29) is 17.5 Å². The average molecular weight is 467 g/mol. The van der Waals surface area contributed by atoms with Crippen LogP contribution in [-0.2, 0) is 11.3 Å². The molecule has 9 heteroatoms. The van der Waals surface area contributed by atoms with E-state index in [4.69, 9.17) is 4.42 Å². The Balaban J connectivity index is 1.46. The maximum Gasteiger partial charge on any atom is 0.235 e. The van der Waals surface area contributed by atoms with Gasteiger partial charge in [0.2, 0.25) is 5.91 Å². The number of thioether (sulfide) groups is 1. The number of anilines is 1. The average Bonchev–Trinajstić information content (AvgIpc) is 3.51. The Morgan fingerprint density at radius 3 is 2.78 bits per heavy atom. The molecule has 6 nitrogen and oxygen atoms in total. The Hall–Kier alpha value is -3.35. The van der Waals surface area contributed by atoms with Crippen molar-refractivity contribution in [1.29, 1.82) is 5.26 Å². The first-order chi connectivity index (χ1) is 15.5. The van der Waals surface area contributed by atoms with Crippen molar-refractivity contribution in [1.82, 2.24) is 9.55 Å². The normalized spacial score (nSPS) is 10.8. The summed E-state index contributed by atoms with van der Waals surface area (Å²) in [6.07, 6.45) is 1.59. The Bertz CT molecular complexity index is 1280. The predicted octanol–water partition coefficient (Wildman–Crippen LogP) is 5.61. The molecule has 3 aromatic heterocycles. The van der Waals surface area contributed by atoms with Gasteiger partial charge in [-0.25, -0.2) is 9.37 Å². The highest BCUT2D eigenvalue weighted by atomic mass is 32.2. The number of amides is 1. The summed E-state index contributed by atoms with van der Waals surface area (Å²) in [5.74, 6) is 0.812. The number of benzene rings is 1. The first-order valence-corrected chi connectivity index (χ1v) is 11.6. The van der Waals surface area contributed by atoms with E-state index in [9.17, 15) is 14.4 Å². The molecule has 1 N–H and O–H groups in total. The third-order valence-electron chi connectivity index (χ3n) is 5.04. The van der Waals surface area contributed by atoms with Crippen molar-refractivity contribution in [3.63, 3.8) is 0 Å². The fourth-order valence-corrected chi connectivity index (χ4v) is 4.89. The molecule has 0 aliphatic carbocycles. The molecule has 0 saturated carbocycles. The molecular weight excluding hydrogens is 447 g/mol. The van der Waals surface area contributed by atoms with Gasteiger partial charge in [-0.2, -0.15) is 5.26 Å². The van der Waals surface area contributed by atoms with Crippen LogP contribution in [0.4, 0.5) is 10.2 Å². The second-order valence-corrected chi connectivity index (χ2v) is 9.13. The summed E-state index contributed by atoms with van der Waals surface area (Å²) in [6, 6.07) is 12.0. The largest absolute Gasteiger partial charge is 0.467 e. The zero-order chi connectivity index (χ0) is 22.7. The summed E-state index contributed by atoms with van der Waals surface area (Å²) in [7, 11) is 0. The number of hydrogen-bond acceptors (Lipinski definition) is 6. The number of nitriles is 1. The third-order valence-corrected chi connectivity index (χ3v) is 7.06. The SMILES string of the molecule is Cc1c(C#N)c(NC(=O)CSc2nc(-c3ccc(F)cc3)cs2)n(Cc2ccco2)c1C. The molecule has 162 valence electrons. The molecule has 0 atom stereocenters. The smallest absolute Gasteiger partial charge is 0.235 e. The molecule has 1 aromatic carbocycles.